The average Bonchev–Trinajstić information content (AvgIpc) is 2.34. The summed E-state index contributed by atoms with van der Waals surface area (Å²) in [6.45, 7) is 1.65. The van der Waals surface area contributed by atoms with Gasteiger partial charge in [-0.15, -0.1) is 0 Å². The van der Waals surface area contributed by atoms with Crippen LogP contribution in [0.1, 0.15) is 24.2 Å². The molecule has 2 N–H and O–H groups in total. The van der Waals surface area contributed by atoms with Crippen molar-refractivity contribution in [1.82, 2.24) is 0 Å². The van der Waals surface area contributed by atoms with E-state index in [9.17, 15) is 24.3 Å². The van der Waals surface area contributed by atoms with Crippen molar-refractivity contribution >= 4 is 28.5 Å². The summed E-state index contributed by atoms with van der Waals surface area (Å²) in [4.78, 5) is 45.5. The molecule has 7 heteroatoms. The minimum Gasteiger partial charge on any atom is -0.508 e. The van der Waals surface area contributed by atoms with Gasteiger partial charge in [0.15, 0.2) is 11.2 Å². The van der Waals surface area contributed by atoms with E-state index in [2.05, 4.69) is 0 Å². The van der Waals surface area contributed by atoms with Crippen LogP contribution in [0.3, 0.4) is 0 Å². The monoisotopic (exact) mass is 318 g/mol. The first-order valence-corrected chi connectivity index (χ1v) is 6.78. The van der Waals surface area contributed by atoms with E-state index >= 15 is 0 Å². The molecule has 0 amide bonds. The molecule has 0 atom stereocenters. The quantitative estimate of drug-likeness (QED) is 0.771. The Balaban J connectivity index is 2.24. The van der Waals surface area contributed by atoms with Crippen molar-refractivity contribution in [2.45, 2.75) is 26.2 Å². The van der Waals surface area contributed by atoms with Gasteiger partial charge in [0.2, 0.25) is 0 Å². The molecule has 0 bridgehead atoms. The van der Waals surface area contributed by atoms with Crippen LogP contribution < -0.4 is 5.43 Å². The van der Waals surface area contributed by atoms with E-state index in [0.717, 1.165) is 6.07 Å². The van der Waals surface area contributed by atoms with Crippen molar-refractivity contribution in [3.8, 4) is 5.75 Å². The maximum atomic E-state index is 12.1. The first kappa shape index (κ1) is 16.4. The summed E-state index contributed by atoms with van der Waals surface area (Å²) < 4.78 is 5.43. The number of ketones is 2. The molecule has 1 heterocycles. The normalized spacial score (nSPS) is 10.7. The van der Waals surface area contributed by atoms with Crippen LogP contribution in [0.5, 0.6) is 5.75 Å². The number of phenolic OH excluding ortho intramolecular Hbond substituents is 1. The number of carbonyl (C=O) groups is 3. The zero-order valence-corrected chi connectivity index (χ0v) is 12.3. The molecule has 120 valence electrons. The van der Waals surface area contributed by atoms with Crippen LogP contribution in [-0.2, 0) is 20.8 Å². The van der Waals surface area contributed by atoms with Gasteiger partial charge < -0.3 is 14.6 Å². The van der Waals surface area contributed by atoms with Gasteiger partial charge >= 0.3 is 5.97 Å². The molecule has 0 saturated heterocycles. The van der Waals surface area contributed by atoms with Gasteiger partial charge in [-0.2, -0.15) is 0 Å². The van der Waals surface area contributed by atoms with Crippen LogP contribution in [0.2, 0.25) is 0 Å². The zero-order chi connectivity index (χ0) is 17.1. The number of hydrogen-bond acceptors (Lipinski definition) is 6. The fourth-order valence-electron chi connectivity index (χ4n) is 2.32. The summed E-state index contributed by atoms with van der Waals surface area (Å²) >= 11 is 0. The van der Waals surface area contributed by atoms with Gasteiger partial charge in [-0.3, -0.25) is 19.2 Å². The second kappa shape index (κ2) is 6.43. The van der Waals surface area contributed by atoms with E-state index in [0.29, 0.717) is 10.9 Å². The Labute approximate surface area is 130 Å². The first-order valence-electron chi connectivity index (χ1n) is 6.78. The van der Waals surface area contributed by atoms with Crippen LogP contribution in [-0.4, -0.2) is 27.7 Å². The van der Waals surface area contributed by atoms with Crippen molar-refractivity contribution in [1.29, 1.82) is 0 Å². The predicted octanol–water partition coefficient (Wildman–Crippen LogP) is 1.35. The Hall–Kier alpha value is -2.96. The largest absolute Gasteiger partial charge is 0.508 e. The summed E-state index contributed by atoms with van der Waals surface area (Å²) in [6.07, 6.45) is -1.56. The lowest BCUT2D eigenvalue weighted by Crippen LogP contribution is -2.14. The van der Waals surface area contributed by atoms with Crippen molar-refractivity contribution in [2.24, 2.45) is 0 Å². The fraction of sp³-hybridized carbons (Fsp3) is 0.250. The van der Waals surface area contributed by atoms with Crippen molar-refractivity contribution in [3.63, 3.8) is 0 Å². The van der Waals surface area contributed by atoms with Gasteiger partial charge in [0.1, 0.15) is 29.3 Å². The predicted molar refractivity (Wildman–Crippen MR) is 79.5 cm³/mol. The second-order valence-corrected chi connectivity index (χ2v) is 5.21. The third kappa shape index (κ3) is 4.03. The summed E-state index contributed by atoms with van der Waals surface area (Å²) in [6, 6.07) is 3.86. The highest BCUT2D eigenvalue weighted by molar-refractivity contribution is 6.05. The number of carboxylic acid groups (broad SMARTS) is 1. The van der Waals surface area contributed by atoms with Crippen LogP contribution in [0.15, 0.2) is 27.4 Å². The molecular formula is C16H14O7. The number of fused-ring (bicyclic) bond motifs is 1. The molecule has 0 fully saturated rings. The van der Waals surface area contributed by atoms with Crippen molar-refractivity contribution in [3.05, 3.63) is 39.7 Å². The minimum atomic E-state index is -1.30. The van der Waals surface area contributed by atoms with Crippen LogP contribution in [0.25, 0.3) is 11.0 Å². The van der Waals surface area contributed by atoms with E-state index in [1.54, 1.807) is 6.92 Å². The van der Waals surface area contributed by atoms with E-state index < -0.39 is 30.4 Å². The number of phenols is 1. The molecule has 0 unspecified atom stereocenters. The van der Waals surface area contributed by atoms with Gasteiger partial charge in [-0.05, 0) is 18.6 Å². The maximum Gasteiger partial charge on any atom is 0.310 e. The summed E-state index contributed by atoms with van der Waals surface area (Å²) in [7, 11) is 0. The number of carbonyl (C=O) groups excluding carboxylic acids is 2. The van der Waals surface area contributed by atoms with Crippen LogP contribution in [0.4, 0.5) is 0 Å². The molecule has 0 aliphatic heterocycles. The second-order valence-electron chi connectivity index (χ2n) is 5.21. The van der Waals surface area contributed by atoms with Crippen molar-refractivity contribution in [2.75, 3.05) is 0 Å². The molecule has 1 aromatic heterocycles. The standard InChI is InChI=1S/C16H14O7/c1-8-2-9(17)5-14-16(8)13(20)7-12(23-14)4-10(18)3-11(19)6-15(21)22/h2,5,7,17H,3-4,6H2,1H3,(H,21,22). The van der Waals surface area contributed by atoms with E-state index in [1.165, 1.54) is 12.1 Å². The Morgan fingerprint density at radius 1 is 1.09 bits per heavy atom. The van der Waals surface area contributed by atoms with Crippen molar-refractivity contribution < 1.29 is 29.0 Å². The molecule has 0 aliphatic carbocycles. The topological polar surface area (TPSA) is 122 Å². The van der Waals surface area contributed by atoms with E-state index in [1.807, 2.05) is 0 Å². The third-order valence-corrected chi connectivity index (χ3v) is 3.18. The average molecular weight is 318 g/mol. The molecule has 1 aromatic carbocycles. The fourth-order valence-corrected chi connectivity index (χ4v) is 2.32. The molecule has 0 spiro atoms. The molecule has 0 radical (unpaired) electrons. The number of aryl methyl sites for hydroxylation is 1. The molecule has 0 aliphatic rings. The SMILES string of the molecule is Cc1cc(O)cc2oc(CC(=O)CC(=O)CC(=O)O)cc(=O)c12. The Morgan fingerprint density at radius 3 is 2.43 bits per heavy atom. The van der Waals surface area contributed by atoms with Gasteiger partial charge in [0, 0.05) is 12.1 Å². The number of aromatic hydroxyl groups is 1. The highest BCUT2D eigenvalue weighted by Crippen LogP contribution is 2.22. The number of Topliss-reactive ketones (excluding diaryl/α,β-unsaturated/α-hetero) is 2. The first-order chi connectivity index (χ1) is 10.8. The van der Waals surface area contributed by atoms with Gasteiger partial charge in [0.25, 0.3) is 0 Å². The summed E-state index contributed by atoms with van der Waals surface area (Å²) in [5, 5.41) is 18.3. The number of rotatable bonds is 6. The molecule has 23 heavy (non-hydrogen) atoms. The summed E-state index contributed by atoms with van der Waals surface area (Å²) in [5.74, 6) is -2.57. The molecule has 2 aromatic rings. The van der Waals surface area contributed by atoms with E-state index in [4.69, 9.17) is 9.52 Å². The van der Waals surface area contributed by atoms with Gasteiger partial charge in [-0.25, -0.2) is 0 Å². The maximum absolute atomic E-state index is 12.1. The number of hydrogen-bond donors (Lipinski definition) is 2. The summed E-state index contributed by atoms with van der Waals surface area (Å²) in [5.41, 5.74) is 0.335. The van der Waals surface area contributed by atoms with E-state index in [-0.39, 0.29) is 28.9 Å². The highest BCUT2D eigenvalue weighted by atomic mass is 16.4. The lowest BCUT2D eigenvalue weighted by molar-refractivity contribution is -0.140. The lowest BCUT2D eigenvalue weighted by atomic mass is 10.1. The molecule has 0 saturated carbocycles. The van der Waals surface area contributed by atoms with Gasteiger partial charge in [0.05, 0.1) is 18.2 Å². The number of aliphatic carboxylic acids is 1. The zero-order valence-electron chi connectivity index (χ0n) is 12.3. The highest BCUT2D eigenvalue weighted by Gasteiger charge is 2.16. The van der Waals surface area contributed by atoms with Crippen LogP contribution >= 0.6 is 0 Å². The number of benzene rings is 1. The Kier molecular flexibility index (Phi) is 4.59. The molecular weight excluding hydrogens is 304 g/mol. The third-order valence-electron chi connectivity index (χ3n) is 3.18. The Bertz CT molecular complexity index is 861. The minimum absolute atomic E-state index is 0.0561. The lowest BCUT2D eigenvalue weighted by Gasteiger charge is -2.05. The Morgan fingerprint density at radius 2 is 1.78 bits per heavy atom. The molecule has 2 rings (SSSR count). The number of carboxylic acids is 1. The van der Waals surface area contributed by atoms with Crippen LogP contribution in [0, 0.1) is 6.92 Å². The van der Waals surface area contributed by atoms with Gasteiger partial charge in [-0.1, -0.05) is 0 Å². The molecule has 7 nitrogen and oxygen atoms in total. The smallest absolute Gasteiger partial charge is 0.310 e.